The molecular formula is C19H18N2O4. The molecule has 0 unspecified atom stereocenters. The van der Waals surface area contributed by atoms with Crippen molar-refractivity contribution in [1.29, 1.82) is 0 Å². The monoisotopic (exact) mass is 338 g/mol. The molecule has 0 saturated heterocycles. The summed E-state index contributed by atoms with van der Waals surface area (Å²) < 4.78 is 4.94. The van der Waals surface area contributed by atoms with Crippen LogP contribution in [-0.2, 0) is 11.2 Å². The van der Waals surface area contributed by atoms with Crippen molar-refractivity contribution in [2.75, 3.05) is 5.32 Å². The minimum Gasteiger partial charge on any atom is -0.408 e. The third-order valence-electron chi connectivity index (χ3n) is 3.97. The number of nitrogens with one attached hydrogen (secondary N) is 2. The first kappa shape index (κ1) is 16.7. The van der Waals surface area contributed by atoms with Crippen LogP contribution in [0.5, 0.6) is 0 Å². The number of Topliss-reactive ketones (excluding diaryl/α,β-unsaturated/α-hetero) is 1. The van der Waals surface area contributed by atoms with Gasteiger partial charge < -0.3 is 9.73 Å². The minimum absolute atomic E-state index is 0.0824. The Bertz CT molecular complexity index is 967. The van der Waals surface area contributed by atoms with Gasteiger partial charge in [-0.1, -0.05) is 19.1 Å². The van der Waals surface area contributed by atoms with Crippen molar-refractivity contribution in [3.63, 3.8) is 0 Å². The maximum atomic E-state index is 12.2. The van der Waals surface area contributed by atoms with Gasteiger partial charge in [-0.2, -0.15) is 0 Å². The molecule has 0 spiro atoms. The summed E-state index contributed by atoms with van der Waals surface area (Å²) in [6, 6.07) is 12.3. The fraction of sp³-hybridized carbons (Fsp3) is 0.211. The van der Waals surface area contributed by atoms with Gasteiger partial charge >= 0.3 is 5.76 Å². The number of ketones is 1. The number of rotatable bonds is 6. The van der Waals surface area contributed by atoms with Crippen LogP contribution >= 0.6 is 0 Å². The summed E-state index contributed by atoms with van der Waals surface area (Å²) in [5, 5.41) is 2.78. The lowest BCUT2D eigenvalue weighted by Gasteiger charge is -2.06. The van der Waals surface area contributed by atoms with Crippen molar-refractivity contribution in [3.8, 4) is 0 Å². The molecular weight excluding hydrogens is 320 g/mol. The van der Waals surface area contributed by atoms with E-state index in [9.17, 15) is 14.4 Å². The van der Waals surface area contributed by atoms with Crippen molar-refractivity contribution in [1.82, 2.24) is 4.98 Å². The number of aromatic amines is 1. The number of carbonyl (C=O) groups is 2. The molecule has 6 nitrogen and oxygen atoms in total. The van der Waals surface area contributed by atoms with Crippen LogP contribution in [0.25, 0.3) is 11.1 Å². The van der Waals surface area contributed by atoms with Gasteiger partial charge in [0.2, 0.25) is 5.91 Å². The number of carbonyl (C=O) groups excluding carboxylic acids is 2. The summed E-state index contributed by atoms with van der Waals surface area (Å²) in [6.07, 6.45) is 1.11. The van der Waals surface area contributed by atoms with Gasteiger partial charge in [0.15, 0.2) is 11.4 Å². The van der Waals surface area contributed by atoms with E-state index in [1.54, 1.807) is 12.1 Å². The number of aryl methyl sites for hydroxylation is 1. The van der Waals surface area contributed by atoms with E-state index in [-0.39, 0.29) is 24.5 Å². The molecule has 0 fully saturated rings. The molecule has 0 radical (unpaired) electrons. The molecule has 0 atom stereocenters. The fourth-order valence-electron chi connectivity index (χ4n) is 2.54. The number of amides is 1. The van der Waals surface area contributed by atoms with Gasteiger partial charge in [0.25, 0.3) is 0 Å². The van der Waals surface area contributed by atoms with E-state index in [4.69, 9.17) is 4.42 Å². The Hall–Kier alpha value is -3.15. The maximum absolute atomic E-state index is 12.2. The Balaban J connectivity index is 1.58. The van der Waals surface area contributed by atoms with Crippen LogP contribution in [0.2, 0.25) is 0 Å². The fourth-order valence-corrected chi connectivity index (χ4v) is 2.54. The van der Waals surface area contributed by atoms with Crippen LogP contribution in [-0.4, -0.2) is 16.7 Å². The highest BCUT2D eigenvalue weighted by atomic mass is 16.4. The van der Waals surface area contributed by atoms with Gasteiger partial charge in [0.1, 0.15) is 0 Å². The number of H-pyrrole nitrogens is 1. The van der Waals surface area contributed by atoms with Gasteiger partial charge in [-0.15, -0.1) is 0 Å². The van der Waals surface area contributed by atoms with E-state index >= 15 is 0 Å². The van der Waals surface area contributed by atoms with Crippen LogP contribution in [0, 0.1) is 0 Å². The van der Waals surface area contributed by atoms with Crippen molar-refractivity contribution < 1.29 is 14.0 Å². The highest BCUT2D eigenvalue weighted by molar-refractivity contribution is 6.01. The lowest BCUT2D eigenvalue weighted by Crippen LogP contribution is -2.13. The Kier molecular flexibility index (Phi) is 4.79. The second kappa shape index (κ2) is 7.17. The molecule has 1 amide bonds. The summed E-state index contributed by atoms with van der Waals surface area (Å²) >= 11 is 0. The van der Waals surface area contributed by atoms with Crippen molar-refractivity contribution in [2.45, 2.75) is 26.2 Å². The van der Waals surface area contributed by atoms with Gasteiger partial charge in [0.05, 0.1) is 5.52 Å². The summed E-state index contributed by atoms with van der Waals surface area (Å²) in [7, 11) is 0. The van der Waals surface area contributed by atoms with Crippen molar-refractivity contribution in [2.24, 2.45) is 0 Å². The SMILES string of the molecule is CCc1ccc(NC(=O)CCC(=O)c2ccc3[nH]c(=O)oc3c2)cc1. The lowest BCUT2D eigenvalue weighted by molar-refractivity contribution is -0.116. The van der Waals surface area contributed by atoms with Crippen LogP contribution in [0.4, 0.5) is 5.69 Å². The summed E-state index contributed by atoms with van der Waals surface area (Å²) in [5.41, 5.74) is 3.19. The second-order valence-electron chi connectivity index (χ2n) is 5.75. The molecule has 0 aliphatic rings. The second-order valence-corrected chi connectivity index (χ2v) is 5.75. The zero-order chi connectivity index (χ0) is 17.8. The normalized spacial score (nSPS) is 10.8. The third-order valence-corrected chi connectivity index (χ3v) is 3.97. The Morgan fingerprint density at radius 3 is 2.56 bits per heavy atom. The predicted molar refractivity (Wildman–Crippen MR) is 94.8 cm³/mol. The quantitative estimate of drug-likeness (QED) is 0.675. The van der Waals surface area contributed by atoms with Gasteiger partial charge in [-0.05, 0) is 42.3 Å². The molecule has 128 valence electrons. The van der Waals surface area contributed by atoms with Crippen LogP contribution < -0.4 is 11.1 Å². The number of hydrogen-bond acceptors (Lipinski definition) is 4. The minimum atomic E-state index is -0.562. The zero-order valence-electron chi connectivity index (χ0n) is 13.8. The first-order valence-electron chi connectivity index (χ1n) is 8.10. The van der Waals surface area contributed by atoms with Crippen molar-refractivity contribution >= 4 is 28.5 Å². The molecule has 3 rings (SSSR count). The van der Waals surface area contributed by atoms with Crippen LogP contribution in [0.3, 0.4) is 0 Å². The van der Waals surface area contributed by atoms with E-state index in [1.165, 1.54) is 11.6 Å². The number of oxazole rings is 1. The van der Waals surface area contributed by atoms with Gasteiger partial charge in [-0.3, -0.25) is 14.6 Å². The van der Waals surface area contributed by atoms with Crippen LogP contribution in [0.15, 0.2) is 51.7 Å². The van der Waals surface area contributed by atoms with E-state index in [0.29, 0.717) is 22.4 Å². The number of benzene rings is 2. The van der Waals surface area contributed by atoms with Crippen molar-refractivity contribution in [3.05, 3.63) is 64.1 Å². The lowest BCUT2D eigenvalue weighted by atomic mass is 10.1. The molecule has 1 aromatic heterocycles. The zero-order valence-corrected chi connectivity index (χ0v) is 13.8. The van der Waals surface area contributed by atoms with E-state index in [2.05, 4.69) is 17.2 Å². The topological polar surface area (TPSA) is 92.2 Å². The van der Waals surface area contributed by atoms with Crippen LogP contribution in [0.1, 0.15) is 35.7 Å². The van der Waals surface area contributed by atoms with Gasteiger partial charge in [-0.25, -0.2) is 4.79 Å². The Morgan fingerprint density at radius 1 is 1.08 bits per heavy atom. The molecule has 25 heavy (non-hydrogen) atoms. The molecule has 3 aromatic rings. The Morgan fingerprint density at radius 2 is 1.84 bits per heavy atom. The largest absolute Gasteiger partial charge is 0.417 e. The summed E-state index contributed by atoms with van der Waals surface area (Å²) in [6.45, 7) is 2.06. The molecule has 2 N–H and O–H groups in total. The summed E-state index contributed by atoms with van der Waals surface area (Å²) in [4.78, 5) is 37.9. The number of anilines is 1. The van der Waals surface area contributed by atoms with Gasteiger partial charge in [0, 0.05) is 24.1 Å². The van der Waals surface area contributed by atoms with E-state index in [0.717, 1.165) is 6.42 Å². The number of fused-ring (bicyclic) bond motifs is 1. The molecule has 6 heteroatoms. The maximum Gasteiger partial charge on any atom is 0.417 e. The standard InChI is InChI=1S/C19H18N2O4/c1-2-12-3-6-14(7-4-12)20-18(23)10-9-16(22)13-5-8-15-17(11-13)25-19(24)21-15/h3-8,11H,2,9-10H2,1H3,(H,20,23)(H,21,24). The molecule has 2 aromatic carbocycles. The number of hydrogen-bond donors (Lipinski definition) is 2. The highest BCUT2D eigenvalue weighted by Crippen LogP contribution is 2.15. The molecule has 0 bridgehead atoms. The molecule has 1 heterocycles. The third kappa shape index (κ3) is 4.03. The summed E-state index contributed by atoms with van der Waals surface area (Å²) in [5.74, 6) is -0.956. The average Bonchev–Trinajstić information content (AvgIpc) is 2.99. The molecule has 0 saturated carbocycles. The average molecular weight is 338 g/mol. The van der Waals surface area contributed by atoms with E-state index in [1.807, 2.05) is 24.3 Å². The molecule has 0 aliphatic carbocycles. The predicted octanol–water partition coefficient (Wildman–Crippen LogP) is 3.29. The van der Waals surface area contributed by atoms with E-state index < -0.39 is 5.76 Å². The highest BCUT2D eigenvalue weighted by Gasteiger charge is 2.12. The first-order valence-corrected chi connectivity index (χ1v) is 8.10. The number of aromatic nitrogens is 1. The Labute approximate surface area is 143 Å². The smallest absolute Gasteiger partial charge is 0.408 e. The first-order chi connectivity index (χ1) is 12.0. The molecule has 0 aliphatic heterocycles.